The zero-order valence-corrected chi connectivity index (χ0v) is 15.0. The van der Waals surface area contributed by atoms with Crippen LogP contribution in [-0.4, -0.2) is 57.4 Å². The van der Waals surface area contributed by atoms with Gasteiger partial charge in [0, 0.05) is 51.3 Å². The minimum Gasteiger partial charge on any atom is -0.383 e. The molecule has 2 atom stereocenters. The molecule has 1 aliphatic rings. The maximum absolute atomic E-state index is 12.5. The van der Waals surface area contributed by atoms with Gasteiger partial charge in [0.25, 0.3) is 0 Å². The molecule has 3 rings (SSSR count). The first kappa shape index (κ1) is 17.6. The Labute approximate surface area is 151 Å². The van der Waals surface area contributed by atoms with Crippen LogP contribution < -0.4 is 5.32 Å². The number of ether oxygens (including phenoxy) is 1. The number of methoxy groups -OCH3 is 1. The molecule has 0 unspecified atom stereocenters. The Morgan fingerprint density at radius 1 is 1.44 bits per heavy atom. The van der Waals surface area contributed by atoms with Crippen LogP contribution in [0.5, 0.6) is 0 Å². The van der Waals surface area contributed by atoms with Gasteiger partial charge in [-0.3, -0.25) is 9.48 Å². The van der Waals surface area contributed by atoms with Crippen molar-refractivity contribution in [3.63, 3.8) is 0 Å². The van der Waals surface area contributed by atoms with E-state index in [9.17, 15) is 4.79 Å². The van der Waals surface area contributed by atoms with Crippen molar-refractivity contribution in [2.75, 3.05) is 32.1 Å². The molecule has 3 heterocycles. The molecule has 0 radical (unpaired) electrons. The Kier molecular flexibility index (Phi) is 5.50. The van der Waals surface area contributed by atoms with Crippen molar-refractivity contribution in [1.82, 2.24) is 24.6 Å². The molecule has 8 nitrogen and oxygen atoms in total. The first-order valence-corrected chi connectivity index (χ1v) is 8.44. The van der Waals surface area contributed by atoms with E-state index in [0.717, 1.165) is 5.56 Å². The normalized spacial score (nSPS) is 20.3. The van der Waals surface area contributed by atoms with Gasteiger partial charge in [-0.05, 0) is 0 Å². The highest BCUT2D eigenvalue weighted by Gasteiger charge is 2.40. The summed E-state index contributed by atoms with van der Waals surface area (Å²) in [6.07, 6.45) is 7.21. The van der Waals surface area contributed by atoms with E-state index in [1.807, 2.05) is 24.3 Å². The minimum absolute atomic E-state index is 0.0514. The first-order valence-electron chi connectivity index (χ1n) is 8.06. The topological polar surface area (TPSA) is 85.2 Å². The summed E-state index contributed by atoms with van der Waals surface area (Å²) in [5, 5.41) is 7.95. The quantitative estimate of drug-likeness (QED) is 0.801. The van der Waals surface area contributed by atoms with Crippen LogP contribution >= 0.6 is 11.6 Å². The van der Waals surface area contributed by atoms with E-state index >= 15 is 0 Å². The Balaban J connectivity index is 1.78. The summed E-state index contributed by atoms with van der Waals surface area (Å²) in [7, 11) is 3.50. The van der Waals surface area contributed by atoms with Crippen LogP contribution in [0, 0.1) is 5.92 Å². The summed E-state index contributed by atoms with van der Waals surface area (Å²) in [4.78, 5) is 22.4. The Morgan fingerprint density at radius 3 is 2.96 bits per heavy atom. The number of aromatic nitrogens is 4. The summed E-state index contributed by atoms with van der Waals surface area (Å²) in [5.74, 6) is 0.774. The van der Waals surface area contributed by atoms with Crippen molar-refractivity contribution in [3.8, 4) is 0 Å². The number of halogens is 1. The van der Waals surface area contributed by atoms with Gasteiger partial charge in [0.15, 0.2) is 0 Å². The van der Waals surface area contributed by atoms with E-state index in [1.165, 1.54) is 6.33 Å². The van der Waals surface area contributed by atoms with Gasteiger partial charge in [-0.2, -0.15) is 5.10 Å². The molecule has 0 spiro atoms. The van der Waals surface area contributed by atoms with Crippen LogP contribution in [0.25, 0.3) is 0 Å². The van der Waals surface area contributed by atoms with Gasteiger partial charge in [0.2, 0.25) is 5.91 Å². The average molecular weight is 365 g/mol. The van der Waals surface area contributed by atoms with Crippen molar-refractivity contribution in [1.29, 1.82) is 0 Å². The van der Waals surface area contributed by atoms with Crippen LogP contribution in [0.1, 0.15) is 18.0 Å². The third-order valence-corrected chi connectivity index (χ3v) is 4.62. The van der Waals surface area contributed by atoms with Crippen LogP contribution in [0.3, 0.4) is 0 Å². The number of amides is 1. The van der Waals surface area contributed by atoms with Crippen molar-refractivity contribution in [2.45, 2.75) is 12.5 Å². The highest BCUT2D eigenvalue weighted by atomic mass is 35.5. The second-order valence-electron chi connectivity index (χ2n) is 6.04. The number of aryl methyl sites for hydroxylation is 1. The fourth-order valence-corrected chi connectivity index (χ4v) is 3.39. The summed E-state index contributed by atoms with van der Waals surface area (Å²) in [6.45, 7) is 1.63. The smallest absolute Gasteiger partial charge is 0.223 e. The summed E-state index contributed by atoms with van der Waals surface area (Å²) >= 11 is 6.10. The molecule has 1 fully saturated rings. The number of carbonyl (C=O) groups excluding carboxylic acids is 1. The lowest BCUT2D eigenvalue weighted by molar-refractivity contribution is -0.129. The number of hydrogen-bond donors (Lipinski definition) is 1. The fraction of sp³-hybridized carbons (Fsp3) is 0.500. The molecule has 134 valence electrons. The summed E-state index contributed by atoms with van der Waals surface area (Å²) < 4.78 is 6.91. The van der Waals surface area contributed by atoms with Gasteiger partial charge in [-0.25, -0.2) is 9.97 Å². The maximum Gasteiger partial charge on any atom is 0.223 e. The van der Waals surface area contributed by atoms with E-state index in [2.05, 4.69) is 20.4 Å². The van der Waals surface area contributed by atoms with Crippen molar-refractivity contribution >= 4 is 23.3 Å². The number of nitrogens with zero attached hydrogens (tertiary/aromatic N) is 5. The number of anilines is 1. The number of rotatable bonds is 7. The van der Waals surface area contributed by atoms with E-state index in [0.29, 0.717) is 37.0 Å². The second kappa shape index (κ2) is 7.79. The molecule has 2 aromatic rings. The highest BCUT2D eigenvalue weighted by Crippen LogP contribution is 2.38. The van der Waals surface area contributed by atoms with Crippen LogP contribution in [0.15, 0.2) is 24.9 Å². The van der Waals surface area contributed by atoms with E-state index in [-0.39, 0.29) is 17.9 Å². The molecule has 1 amide bonds. The zero-order chi connectivity index (χ0) is 17.8. The number of carbonyl (C=O) groups is 1. The SMILES string of the molecule is COCCN1C(=O)C[C@H](CNc2ncncc2Cl)[C@H]1c1cnn(C)c1. The summed E-state index contributed by atoms with van der Waals surface area (Å²) in [6, 6.07) is -0.0514. The molecule has 0 aromatic carbocycles. The third-order valence-electron chi connectivity index (χ3n) is 4.34. The molecule has 0 saturated carbocycles. The lowest BCUT2D eigenvalue weighted by atomic mass is 9.95. The monoisotopic (exact) mass is 364 g/mol. The van der Waals surface area contributed by atoms with Gasteiger partial charge in [0.05, 0.1) is 25.0 Å². The van der Waals surface area contributed by atoms with Crippen molar-refractivity contribution in [2.24, 2.45) is 13.0 Å². The molecule has 1 saturated heterocycles. The second-order valence-corrected chi connectivity index (χ2v) is 6.44. The average Bonchev–Trinajstić information content (AvgIpc) is 3.15. The summed E-state index contributed by atoms with van der Waals surface area (Å²) in [5.41, 5.74) is 1.02. The largest absolute Gasteiger partial charge is 0.383 e. The molecular weight excluding hydrogens is 344 g/mol. The molecule has 0 aliphatic carbocycles. The predicted molar refractivity (Wildman–Crippen MR) is 93.2 cm³/mol. The van der Waals surface area contributed by atoms with Gasteiger partial charge in [-0.1, -0.05) is 11.6 Å². The standard InChI is InChI=1S/C16H21ClN6O2/c1-22-9-12(7-21-22)15-11(5-14(24)23(15)3-4-25-2)6-19-16-13(17)8-18-10-20-16/h7-11,15H,3-6H2,1-2H3,(H,18,19,20)/t11-,15+/m1/s1. The molecule has 9 heteroatoms. The molecular formula is C16H21ClN6O2. The zero-order valence-electron chi connectivity index (χ0n) is 14.2. The Morgan fingerprint density at radius 2 is 2.28 bits per heavy atom. The Hall–Kier alpha value is -2.19. The van der Waals surface area contributed by atoms with Crippen LogP contribution in [-0.2, 0) is 16.6 Å². The molecule has 2 aromatic heterocycles. The molecule has 0 bridgehead atoms. The van der Waals surface area contributed by atoms with E-state index < -0.39 is 0 Å². The lowest BCUT2D eigenvalue weighted by Crippen LogP contribution is -2.33. The Bertz CT molecular complexity index is 737. The first-order chi connectivity index (χ1) is 12.1. The van der Waals surface area contributed by atoms with Crippen LogP contribution in [0.4, 0.5) is 5.82 Å². The van der Waals surface area contributed by atoms with E-state index in [4.69, 9.17) is 16.3 Å². The van der Waals surface area contributed by atoms with Gasteiger partial charge in [-0.15, -0.1) is 0 Å². The van der Waals surface area contributed by atoms with Gasteiger partial charge < -0.3 is 15.0 Å². The molecule has 1 aliphatic heterocycles. The minimum atomic E-state index is -0.0514. The molecule has 1 N–H and O–H groups in total. The van der Waals surface area contributed by atoms with Crippen molar-refractivity contribution in [3.05, 3.63) is 35.5 Å². The fourth-order valence-electron chi connectivity index (χ4n) is 3.22. The third kappa shape index (κ3) is 3.91. The number of hydrogen-bond acceptors (Lipinski definition) is 6. The van der Waals surface area contributed by atoms with E-state index in [1.54, 1.807) is 18.0 Å². The number of likely N-dealkylation sites (tertiary alicyclic amines) is 1. The maximum atomic E-state index is 12.5. The molecule has 25 heavy (non-hydrogen) atoms. The highest BCUT2D eigenvalue weighted by molar-refractivity contribution is 6.32. The predicted octanol–water partition coefficient (Wildman–Crippen LogP) is 1.51. The van der Waals surface area contributed by atoms with Crippen LogP contribution in [0.2, 0.25) is 5.02 Å². The van der Waals surface area contributed by atoms with Crippen molar-refractivity contribution < 1.29 is 9.53 Å². The van der Waals surface area contributed by atoms with Gasteiger partial charge >= 0.3 is 0 Å². The lowest BCUT2D eigenvalue weighted by Gasteiger charge is -2.27. The number of nitrogens with one attached hydrogen (secondary N) is 1. The van der Waals surface area contributed by atoms with Gasteiger partial charge in [0.1, 0.15) is 17.2 Å².